The van der Waals surface area contributed by atoms with Gasteiger partial charge in [0, 0.05) is 18.7 Å². The molecular weight excluding hydrogens is 462 g/mol. The molecule has 2 saturated heterocycles. The van der Waals surface area contributed by atoms with Gasteiger partial charge in [-0.25, -0.2) is 9.67 Å². The molecule has 1 aliphatic carbocycles. The summed E-state index contributed by atoms with van der Waals surface area (Å²) >= 11 is 1.45. The van der Waals surface area contributed by atoms with E-state index in [1.54, 1.807) is 0 Å². The predicted octanol–water partition coefficient (Wildman–Crippen LogP) is 4.94. The number of aliphatic hydroxyl groups is 1. The summed E-state index contributed by atoms with van der Waals surface area (Å²) in [4.78, 5) is 7.51. The van der Waals surface area contributed by atoms with E-state index >= 15 is 0 Å². The molecule has 1 N–H and O–H groups in total. The maximum absolute atomic E-state index is 11.8. The van der Waals surface area contributed by atoms with Crippen LogP contribution in [0.2, 0.25) is 0 Å². The maximum Gasteiger partial charge on any atom is 0.150 e. The Kier molecular flexibility index (Phi) is 6.28. The number of morpholine rings is 1. The molecule has 0 radical (unpaired) electrons. The van der Waals surface area contributed by atoms with Gasteiger partial charge in [0.05, 0.1) is 40.9 Å². The highest BCUT2D eigenvalue weighted by Crippen LogP contribution is 2.45. The number of hydrogen-bond acceptors (Lipinski definition) is 8. The summed E-state index contributed by atoms with van der Waals surface area (Å²) in [6.07, 6.45) is 7.93. The van der Waals surface area contributed by atoms with Crippen LogP contribution in [-0.2, 0) is 15.1 Å². The van der Waals surface area contributed by atoms with Crippen LogP contribution in [0.3, 0.4) is 0 Å². The first-order valence-corrected chi connectivity index (χ1v) is 13.9. The molecule has 2 unspecified atom stereocenters. The van der Waals surface area contributed by atoms with Crippen molar-refractivity contribution in [3.63, 3.8) is 0 Å². The van der Waals surface area contributed by atoms with Gasteiger partial charge in [-0.15, -0.1) is 0 Å². The van der Waals surface area contributed by atoms with Crippen LogP contribution in [0.4, 0.5) is 5.82 Å². The minimum atomic E-state index is -0.837. The van der Waals surface area contributed by atoms with Crippen LogP contribution in [0.25, 0.3) is 21.6 Å². The standard InChI is InChI=1S/C26H35N5O3S/c1-17-14-20(31(28-17)22-8-4-7-12-34-22)23-24-25(35-29-23)19(26(32)9-5-3-6-10-26)15-21(27-24)30-11-13-33-16-18(30)2/h14-15,18,22,32H,3-13,16H2,1-2H3. The van der Waals surface area contributed by atoms with E-state index in [9.17, 15) is 5.11 Å². The molecule has 9 heteroatoms. The second-order valence-corrected chi connectivity index (χ2v) is 11.2. The zero-order chi connectivity index (χ0) is 24.0. The van der Waals surface area contributed by atoms with Gasteiger partial charge in [-0.3, -0.25) is 0 Å². The molecule has 35 heavy (non-hydrogen) atoms. The molecule has 0 spiro atoms. The fourth-order valence-corrected chi connectivity index (χ4v) is 6.81. The summed E-state index contributed by atoms with van der Waals surface area (Å²) in [5, 5.41) is 16.6. The van der Waals surface area contributed by atoms with Gasteiger partial charge in [0.15, 0.2) is 6.23 Å². The molecule has 3 aromatic heterocycles. The van der Waals surface area contributed by atoms with Crippen LogP contribution < -0.4 is 4.90 Å². The van der Waals surface area contributed by atoms with Crippen LogP contribution in [0.5, 0.6) is 0 Å². The average molecular weight is 498 g/mol. The van der Waals surface area contributed by atoms with E-state index in [1.165, 1.54) is 18.0 Å². The highest BCUT2D eigenvalue weighted by Gasteiger charge is 2.36. The summed E-state index contributed by atoms with van der Waals surface area (Å²) < 4.78 is 19.7. The third-order valence-corrected chi connectivity index (χ3v) is 8.65. The maximum atomic E-state index is 11.8. The van der Waals surface area contributed by atoms with E-state index in [0.717, 1.165) is 96.8 Å². The van der Waals surface area contributed by atoms with E-state index in [1.807, 2.05) is 11.6 Å². The van der Waals surface area contributed by atoms with Crippen LogP contribution >= 0.6 is 11.5 Å². The van der Waals surface area contributed by atoms with Crippen molar-refractivity contribution < 1.29 is 14.6 Å². The van der Waals surface area contributed by atoms with Crippen molar-refractivity contribution in [3.8, 4) is 11.4 Å². The van der Waals surface area contributed by atoms with Crippen molar-refractivity contribution in [2.45, 2.75) is 83.1 Å². The van der Waals surface area contributed by atoms with Crippen LogP contribution in [0, 0.1) is 6.92 Å². The lowest BCUT2D eigenvalue weighted by molar-refractivity contribution is -0.0385. The molecule has 0 bridgehead atoms. The van der Waals surface area contributed by atoms with E-state index in [2.05, 4.69) is 24.0 Å². The Hall–Kier alpha value is -2.07. The molecule has 3 aromatic rings. The molecule has 188 valence electrons. The lowest BCUT2D eigenvalue weighted by atomic mass is 9.79. The van der Waals surface area contributed by atoms with Gasteiger partial charge in [0.1, 0.15) is 17.0 Å². The largest absolute Gasteiger partial charge is 0.385 e. The second kappa shape index (κ2) is 9.42. The Labute approximate surface area is 210 Å². The normalized spacial score (nSPS) is 25.3. The molecular formula is C26H35N5O3S. The Bertz CT molecular complexity index is 1200. The SMILES string of the molecule is Cc1cc(-c2nsc3c(C4(O)CCCCC4)cc(N4CCOCC4C)nc23)n(C2CCCCO2)n1. The molecule has 6 rings (SSSR count). The number of rotatable bonds is 4. The van der Waals surface area contributed by atoms with E-state index in [4.69, 9.17) is 23.9 Å². The fourth-order valence-electron chi connectivity index (χ4n) is 5.87. The van der Waals surface area contributed by atoms with Crippen molar-refractivity contribution in [2.24, 2.45) is 0 Å². The Morgan fingerprint density at radius 3 is 2.74 bits per heavy atom. The topological polar surface area (TPSA) is 85.5 Å². The summed E-state index contributed by atoms with van der Waals surface area (Å²) in [6.45, 7) is 7.10. The molecule has 5 heterocycles. The van der Waals surface area contributed by atoms with E-state index in [-0.39, 0.29) is 12.3 Å². The summed E-state index contributed by atoms with van der Waals surface area (Å²) in [6, 6.07) is 4.44. The number of nitrogens with zero attached hydrogens (tertiary/aromatic N) is 5. The minimum absolute atomic E-state index is 0.0753. The molecule has 3 aliphatic rings. The number of pyridine rings is 1. The molecule has 2 aliphatic heterocycles. The van der Waals surface area contributed by atoms with Gasteiger partial charge in [-0.2, -0.15) is 9.47 Å². The number of anilines is 1. The van der Waals surface area contributed by atoms with Gasteiger partial charge in [-0.05, 0) is 69.6 Å². The van der Waals surface area contributed by atoms with Crippen molar-refractivity contribution in [2.75, 3.05) is 31.3 Å². The predicted molar refractivity (Wildman–Crippen MR) is 137 cm³/mol. The van der Waals surface area contributed by atoms with E-state index < -0.39 is 5.60 Å². The monoisotopic (exact) mass is 497 g/mol. The first-order chi connectivity index (χ1) is 17.0. The molecule has 8 nitrogen and oxygen atoms in total. The van der Waals surface area contributed by atoms with E-state index in [0.29, 0.717) is 13.2 Å². The van der Waals surface area contributed by atoms with Crippen molar-refractivity contribution >= 4 is 27.6 Å². The van der Waals surface area contributed by atoms with Gasteiger partial charge >= 0.3 is 0 Å². The van der Waals surface area contributed by atoms with Gasteiger partial charge < -0.3 is 19.5 Å². The summed E-state index contributed by atoms with van der Waals surface area (Å²) in [5.41, 5.74) is 3.73. The number of aryl methyl sites for hydroxylation is 1. The van der Waals surface area contributed by atoms with Gasteiger partial charge in [0.25, 0.3) is 0 Å². The quantitative estimate of drug-likeness (QED) is 0.546. The minimum Gasteiger partial charge on any atom is -0.385 e. The molecule has 0 aromatic carbocycles. The fraction of sp³-hybridized carbons (Fsp3) is 0.654. The molecule has 1 saturated carbocycles. The Morgan fingerprint density at radius 1 is 1.11 bits per heavy atom. The molecule has 2 atom stereocenters. The Balaban J connectivity index is 1.52. The average Bonchev–Trinajstić information content (AvgIpc) is 3.48. The third-order valence-electron chi connectivity index (χ3n) is 7.78. The third kappa shape index (κ3) is 4.26. The van der Waals surface area contributed by atoms with Crippen LogP contribution in [0.15, 0.2) is 12.1 Å². The number of fused-ring (bicyclic) bond motifs is 1. The number of ether oxygens (including phenoxy) is 2. The second-order valence-electron chi connectivity index (χ2n) is 10.4. The number of aromatic nitrogens is 4. The lowest BCUT2D eigenvalue weighted by Gasteiger charge is -2.36. The van der Waals surface area contributed by atoms with Crippen molar-refractivity contribution in [1.29, 1.82) is 0 Å². The molecule has 3 fully saturated rings. The first kappa shape index (κ1) is 23.3. The van der Waals surface area contributed by atoms with Crippen LogP contribution in [0.1, 0.15) is 75.8 Å². The highest BCUT2D eigenvalue weighted by molar-refractivity contribution is 7.13. The summed E-state index contributed by atoms with van der Waals surface area (Å²) in [7, 11) is 0. The zero-order valence-electron chi connectivity index (χ0n) is 20.7. The molecule has 0 amide bonds. The smallest absolute Gasteiger partial charge is 0.150 e. The van der Waals surface area contributed by atoms with Crippen molar-refractivity contribution in [3.05, 3.63) is 23.4 Å². The first-order valence-electron chi connectivity index (χ1n) is 13.1. The highest BCUT2D eigenvalue weighted by atomic mass is 32.1. The van der Waals surface area contributed by atoms with Gasteiger partial charge in [-0.1, -0.05) is 19.3 Å². The summed E-state index contributed by atoms with van der Waals surface area (Å²) in [5.74, 6) is 0.903. The van der Waals surface area contributed by atoms with Crippen molar-refractivity contribution in [1.82, 2.24) is 19.1 Å². The lowest BCUT2D eigenvalue weighted by Crippen LogP contribution is -2.44. The van der Waals surface area contributed by atoms with Gasteiger partial charge in [0.2, 0.25) is 0 Å². The Morgan fingerprint density at radius 2 is 1.97 bits per heavy atom. The zero-order valence-corrected chi connectivity index (χ0v) is 21.5. The number of hydrogen-bond donors (Lipinski definition) is 1. The van der Waals surface area contributed by atoms with Crippen LogP contribution in [-0.4, -0.2) is 56.7 Å².